The van der Waals surface area contributed by atoms with Crippen molar-refractivity contribution in [3.05, 3.63) is 15.6 Å². The molecule has 2 amide bonds. The van der Waals surface area contributed by atoms with Crippen LogP contribution < -0.4 is 0 Å². The van der Waals surface area contributed by atoms with E-state index in [0.29, 0.717) is 26.2 Å². The smallest absolute Gasteiger partial charge is 0.226 e. The molecule has 5 nitrogen and oxygen atoms in total. The number of nitrogens with zero attached hydrogens (tertiary/aromatic N) is 3. The Morgan fingerprint density at radius 3 is 2.80 bits per heavy atom. The van der Waals surface area contributed by atoms with E-state index in [1.807, 2.05) is 11.8 Å². The van der Waals surface area contributed by atoms with Crippen LogP contribution in [-0.4, -0.2) is 53.3 Å². The van der Waals surface area contributed by atoms with E-state index in [1.165, 1.54) is 10.6 Å². The molecular formula is C14H19N3O2S. The van der Waals surface area contributed by atoms with Gasteiger partial charge in [0.1, 0.15) is 0 Å². The van der Waals surface area contributed by atoms with Crippen LogP contribution in [0.15, 0.2) is 0 Å². The number of rotatable bonds is 2. The Bertz CT molecular complexity index is 520. The second kappa shape index (κ2) is 5.52. The highest BCUT2D eigenvalue weighted by molar-refractivity contribution is 7.11. The van der Waals surface area contributed by atoms with Gasteiger partial charge in [-0.2, -0.15) is 0 Å². The SMILES string of the molecule is Cc1nc2c(s1)CC(C(=O)N1CCN(C=O)CC1)CC2. The predicted octanol–water partition coefficient (Wildman–Crippen LogP) is 0.857. The molecule has 1 unspecified atom stereocenters. The Labute approximate surface area is 122 Å². The van der Waals surface area contributed by atoms with E-state index in [4.69, 9.17) is 0 Å². The fraction of sp³-hybridized carbons (Fsp3) is 0.643. The zero-order valence-corrected chi connectivity index (χ0v) is 12.5. The van der Waals surface area contributed by atoms with Gasteiger partial charge in [0, 0.05) is 37.0 Å². The minimum Gasteiger partial charge on any atom is -0.342 e. The lowest BCUT2D eigenvalue weighted by atomic mass is 9.90. The molecule has 2 aliphatic rings. The highest BCUT2D eigenvalue weighted by Gasteiger charge is 2.31. The molecular weight excluding hydrogens is 274 g/mol. The monoisotopic (exact) mass is 293 g/mol. The van der Waals surface area contributed by atoms with Gasteiger partial charge >= 0.3 is 0 Å². The third-order valence-corrected chi connectivity index (χ3v) is 5.21. The standard InChI is InChI=1S/C14H19N3O2S/c1-10-15-12-3-2-11(8-13(12)20-10)14(19)17-6-4-16(9-18)5-7-17/h9,11H,2-8H2,1H3. The summed E-state index contributed by atoms with van der Waals surface area (Å²) in [7, 11) is 0. The zero-order chi connectivity index (χ0) is 14.1. The molecule has 0 N–H and O–H groups in total. The highest BCUT2D eigenvalue weighted by Crippen LogP contribution is 2.30. The third-order valence-electron chi connectivity index (χ3n) is 4.17. The molecule has 0 saturated carbocycles. The maximum atomic E-state index is 12.6. The maximum absolute atomic E-state index is 12.6. The predicted molar refractivity (Wildman–Crippen MR) is 76.6 cm³/mol. The summed E-state index contributed by atoms with van der Waals surface area (Å²) >= 11 is 1.73. The second-order valence-corrected chi connectivity index (χ2v) is 6.80. The van der Waals surface area contributed by atoms with Gasteiger partial charge in [-0.1, -0.05) is 0 Å². The van der Waals surface area contributed by atoms with Crippen LogP contribution in [0, 0.1) is 12.8 Å². The van der Waals surface area contributed by atoms with Crippen molar-refractivity contribution in [3.8, 4) is 0 Å². The Morgan fingerprint density at radius 2 is 2.10 bits per heavy atom. The lowest BCUT2D eigenvalue weighted by Crippen LogP contribution is -2.50. The summed E-state index contributed by atoms with van der Waals surface area (Å²) in [5.41, 5.74) is 1.20. The van der Waals surface area contributed by atoms with Crippen LogP contribution in [0.1, 0.15) is 22.0 Å². The Kier molecular flexibility index (Phi) is 3.74. The maximum Gasteiger partial charge on any atom is 0.226 e. The van der Waals surface area contributed by atoms with Gasteiger partial charge in [0.2, 0.25) is 12.3 Å². The molecule has 6 heteroatoms. The summed E-state index contributed by atoms with van der Waals surface area (Å²) in [5, 5.41) is 1.10. The molecule has 1 aromatic rings. The number of piperazine rings is 1. The number of carbonyl (C=O) groups excluding carboxylic acids is 2. The summed E-state index contributed by atoms with van der Waals surface area (Å²) < 4.78 is 0. The van der Waals surface area contributed by atoms with Crippen molar-refractivity contribution in [2.75, 3.05) is 26.2 Å². The molecule has 2 heterocycles. The molecule has 1 fully saturated rings. The molecule has 1 aliphatic carbocycles. The van der Waals surface area contributed by atoms with Crippen molar-refractivity contribution in [2.24, 2.45) is 5.92 Å². The Balaban J connectivity index is 1.63. The molecule has 108 valence electrons. The van der Waals surface area contributed by atoms with Crippen molar-refractivity contribution >= 4 is 23.7 Å². The average Bonchev–Trinajstić information content (AvgIpc) is 2.85. The van der Waals surface area contributed by atoms with E-state index < -0.39 is 0 Å². The fourth-order valence-corrected chi connectivity index (χ4v) is 4.08. The summed E-state index contributed by atoms with van der Waals surface area (Å²) in [5.74, 6) is 0.359. The minimum absolute atomic E-state index is 0.102. The van der Waals surface area contributed by atoms with Crippen LogP contribution in [0.4, 0.5) is 0 Å². The van der Waals surface area contributed by atoms with Crippen molar-refractivity contribution in [1.29, 1.82) is 0 Å². The number of hydrogen-bond acceptors (Lipinski definition) is 4. The van der Waals surface area contributed by atoms with Gasteiger partial charge in [-0.3, -0.25) is 9.59 Å². The van der Waals surface area contributed by atoms with Crippen LogP contribution in [0.2, 0.25) is 0 Å². The number of carbonyl (C=O) groups is 2. The number of aromatic nitrogens is 1. The number of aryl methyl sites for hydroxylation is 2. The van der Waals surface area contributed by atoms with E-state index in [-0.39, 0.29) is 11.8 Å². The molecule has 1 saturated heterocycles. The van der Waals surface area contributed by atoms with Crippen LogP contribution in [-0.2, 0) is 22.4 Å². The first-order valence-corrected chi connectivity index (χ1v) is 7.92. The molecule has 0 spiro atoms. The summed E-state index contributed by atoms with van der Waals surface area (Å²) in [6.07, 6.45) is 3.54. The Morgan fingerprint density at radius 1 is 1.35 bits per heavy atom. The normalized spacial score (nSPS) is 22.6. The van der Waals surface area contributed by atoms with Gasteiger partial charge in [-0.15, -0.1) is 11.3 Å². The zero-order valence-electron chi connectivity index (χ0n) is 11.7. The largest absolute Gasteiger partial charge is 0.342 e. The molecule has 1 aromatic heterocycles. The van der Waals surface area contributed by atoms with Crippen LogP contribution in [0.25, 0.3) is 0 Å². The second-order valence-electron chi connectivity index (χ2n) is 5.51. The molecule has 0 bridgehead atoms. The third kappa shape index (κ3) is 2.57. The number of amides is 2. The molecule has 3 rings (SSSR count). The molecule has 1 atom stereocenters. The van der Waals surface area contributed by atoms with Crippen LogP contribution in [0.3, 0.4) is 0 Å². The Hall–Kier alpha value is -1.43. The van der Waals surface area contributed by atoms with Crippen molar-refractivity contribution in [3.63, 3.8) is 0 Å². The molecule has 0 aromatic carbocycles. The van der Waals surface area contributed by atoms with Crippen molar-refractivity contribution in [1.82, 2.24) is 14.8 Å². The van der Waals surface area contributed by atoms with Crippen molar-refractivity contribution < 1.29 is 9.59 Å². The van der Waals surface area contributed by atoms with E-state index in [2.05, 4.69) is 4.98 Å². The summed E-state index contributed by atoms with van der Waals surface area (Å²) in [4.78, 5) is 32.7. The minimum atomic E-state index is 0.102. The quantitative estimate of drug-likeness (QED) is 0.760. The lowest BCUT2D eigenvalue weighted by Gasteiger charge is -2.35. The van der Waals surface area contributed by atoms with Gasteiger partial charge < -0.3 is 9.80 Å². The number of hydrogen-bond donors (Lipinski definition) is 0. The number of fused-ring (bicyclic) bond motifs is 1. The van der Waals surface area contributed by atoms with Crippen LogP contribution >= 0.6 is 11.3 Å². The van der Waals surface area contributed by atoms with E-state index in [0.717, 1.165) is 30.7 Å². The molecule has 20 heavy (non-hydrogen) atoms. The van der Waals surface area contributed by atoms with Gasteiger partial charge in [-0.05, 0) is 26.2 Å². The topological polar surface area (TPSA) is 53.5 Å². The van der Waals surface area contributed by atoms with Gasteiger partial charge in [-0.25, -0.2) is 4.98 Å². The first kappa shape index (κ1) is 13.5. The first-order valence-electron chi connectivity index (χ1n) is 7.10. The average molecular weight is 293 g/mol. The van der Waals surface area contributed by atoms with Gasteiger partial charge in [0.25, 0.3) is 0 Å². The van der Waals surface area contributed by atoms with Gasteiger partial charge in [0.15, 0.2) is 0 Å². The number of thiazole rings is 1. The van der Waals surface area contributed by atoms with Crippen molar-refractivity contribution in [2.45, 2.75) is 26.2 Å². The van der Waals surface area contributed by atoms with E-state index >= 15 is 0 Å². The highest BCUT2D eigenvalue weighted by atomic mass is 32.1. The fourth-order valence-electron chi connectivity index (χ4n) is 3.02. The van der Waals surface area contributed by atoms with E-state index in [1.54, 1.807) is 16.2 Å². The molecule has 1 aliphatic heterocycles. The van der Waals surface area contributed by atoms with E-state index in [9.17, 15) is 9.59 Å². The van der Waals surface area contributed by atoms with Gasteiger partial charge in [0.05, 0.1) is 10.7 Å². The summed E-state index contributed by atoms with van der Waals surface area (Å²) in [6, 6.07) is 0. The summed E-state index contributed by atoms with van der Waals surface area (Å²) in [6.45, 7) is 4.68. The lowest BCUT2D eigenvalue weighted by molar-refractivity contribution is -0.139. The van der Waals surface area contributed by atoms with Crippen LogP contribution in [0.5, 0.6) is 0 Å². The first-order chi connectivity index (χ1) is 9.67. The molecule has 0 radical (unpaired) electrons.